The molecule has 0 atom stereocenters. The molecule has 0 heterocycles. The molecule has 0 saturated carbocycles. The molecule has 23 heavy (non-hydrogen) atoms. The molecule has 0 amide bonds. The second-order valence-electron chi connectivity index (χ2n) is 4.67. The Labute approximate surface area is 132 Å². The Morgan fingerprint density at radius 1 is 0.957 bits per heavy atom. The van der Waals surface area contributed by atoms with E-state index >= 15 is 0 Å². The summed E-state index contributed by atoms with van der Waals surface area (Å²) >= 11 is 0. The van der Waals surface area contributed by atoms with E-state index in [1.807, 2.05) is 0 Å². The summed E-state index contributed by atoms with van der Waals surface area (Å²) in [5.41, 5.74) is 0.171. The standard InChI is InChI=1S/C17H16O6/c1-3-22-16(20)11-6-7-12-10(9-11)5-8-13(15(18)19)14(12)17(21)23-4-2/h5-9H,3-4H2,1-2H3,(H,18,19). The summed E-state index contributed by atoms with van der Waals surface area (Å²) in [7, 11) is 0. The third kappa shape index (κ3) is 3.31. The lowest BCUT2D eigenvalue weighted by molar-refractivity contribution is 0.0514. The van der Waals surface area contributed by atoms with Crippen molar-refractivity contribution >= 4 is 28.7 Å². The number of carbonyl (C=O) groups is 3. The molecule has 0 aliphatic heterocycles. The SMILES string of the molecule is CCOC(=O)c1ccc2c(C(=O)OCC)c(C(=O)O)ccc2c1. The number of rotatable bonds is 5. The molecular weight excluding hydrogens is 300 g/mol. The minimum absolute atomic E-state index is 0.0211. The second kappa shape index (κ2) is 6.91. The monoisotopic (exact) mass is 316 g/mol. The Bertz CT molecular complexity index is 778. The Morgan fingerprint density at radius 2 is 1.61 bits per heavy atom. The number of benzene rings is 2. The number of esters is 2. The van der Waals surface area contributed by atoms with Crippen LogP contribution in [0.2, 0.25) is 0 Å². The fourth-order valence-electron chi connectivity index (χ4n) is 2.27. The van der Waals surface area contributed by atoms with E-state index in [0.717, 1.165) is 0 Å². The van der Waals surface area contributed by atoms with Crippen LogP contribution < -0.4 is 0 Å². The van der Waals surface area contributed by atoms with Crippen molar-refractivity contribution in [2.75, 3.05) is 13.2 Å². The van der Waals surface area contributed by atoms with E-state index in [2.05, 4.69) is 0 Å². The number of carboxylic acids is 1. The van der Waals surface area contributed by atoms with Crippen LogP contribution >= 0.6 is 0 Å². The molecule has 6 heteroatoms. The first-order valence-corrected chi connectivity index (χ1v) is 7.13. The maximum Gasteiger partial charge on any atom is 0.339 e. The summed E-state index contributed by atoms with van der Waals surface area (Å²) in [6.07, 6.45) is 0. The summed E-state index contributed by atoms with van der Waals surface area (Å²) in [5, 5.41) is 10.2. The summed E-state index contributed by atoms with van der Waals surface area (Å²) < 4.78 is 9.88. The minimum atomic E-state index is -1.22. The Balaban J connectivity index is 2.64. The van der Waals surface area contributed by atoms with E-state index in [-0.39, 0.29) is 24.3 Å². The summed E-state index contributed by atoms with van der Waals surface area (Å²) in [4.78, 5) is 35.3. The molecule has 0 fully saturated rings. The van der Waals surface area contributed by atoms with Crippen LogP contribution in [0.25, 0.3) is 10.8 Å². The van der Waals surface area contributed by atoms with Gasteiger partial charge in [-0.25, -0.2) is 14.4 Å². The van der Waals surface area contributed by atoms with Gasteiger partial charge in [0.1, 0.15) is 0 Å². The van der Waals surface area contributed by atoms with Crippen molar-refractivity contribution in [3.8, 4) is 0 Å². The fourth-order valence-corrected chi connectivity index (χ4v) is 2.27. The van der Waals surface area contributed by atoms with Crippen LogP contribution in [0.5, 0.6) is 0 Å². The van der Waals surface area contributed by atoms with E-state index in [0.29, 0.717) is 16.3 Å². The van der Waals surface area contributed by atoms with Crippen LogP contribution in [0.4, 0.5) is 0 Å². The molecule has 0 unspecified atom stereocenters. The first-order valence-electron chi connectivity index (χ1n) is 7.13. The number of hydrogen-bond acceptors (Lipinski definition) is 5. The lowest BCUT2D eigenvalue weighted by Gasteiger charge is -2.10. The van der Waals surface area contributed by atoms with Crippen molar-refractivity contribution in [1.82, 2.24) is 0 Å². The molecule has 6 nitrogen and oxygen atoms in total. The molecule has 0 bridgehead atoms. The van der Waals surface area contributed by atoms with Gasteiger partial charge in [0, 0.05) is 0 Å². The van der Waals surface area contributed by atoms with Crippen LogP contribution in [-0.4, -0.2) is 36.2 Å². The van der Waals surface area contributed by atoms with Crippen LogP contribution in [0.3, 0.4) is 0 Å². The second-order valence-corrected chi connectivity index (χ2v) is 4.67. The largest absolute Gasteiger partial charge is 0.478 e. The van der Waals surface area contributed by atoms with Gasteiger partial charge in [0.05, 0.1) is 29.9 Å². The van der Waals surface area contributed by atoms with Crippen molar-refractivity contribution in [2.24, 2.45) is 0 Å². The zero-order chi connectivity index (χ0) is 17.0. The van der Waals surface area contributed by atoms with Gasteiger partial charge >= 0.3 is 17.9 Å². The highest BCUT2D eigenvalue weighted by atomic mass is 16.5. The van der Waals surface area contributed by atoms with E-state index in [1.54, 1.807) is 26.0 Å². The molecule has 2 aromatic rings. The molecule has 0 saturated heterocycles. The zero-order valence-corrected chi connectivity index (χ0v) is 12.8. The molecule has 0 radical (unpaired) electrons. The van der Waals surface area contributed by atoms with Gasteiger partial charge in [0.2, 0.25) is 0 Å². The van der Waals surface area contributed by atoms with Crippen molar-refractivity contribution in [3.05, 3.63) is 47.0 Å². The molecule has 0 spiro atoms. The van der Waals surface area contributed by atoms with Gasteiger partial charge in [0.25, 0.3) is 0 Å². The van der Waals surface area contributed by atoms with Gasteiger partial charge in [-0.2, -0.15) is 0 Å². The molecular formula is C17H16O6. The molecule has 0 aliphatic rings. The first-order chi connectivity index (χ1) is 11.0. The molecule has 0 aromatic heterocycles. The maximum absolute atomic E-state index is 12.1. The van der Waals surface area contributed by atoms with E-state index < -0.39 is 17.9 Å². The maximum atomic E-state index is 12.1. The normalized spacial score (nSPS) is 10.3. The van der Waals surface area contributed by atoms with Gasteiger partial charge in [-0.1, -0.05) is 12.1 Å². The Kier molecular flexibility index (Phi) is 4.95. The Hall–Kier alpha value is -2.89. The highest BCUT2D eigenvalue weighted by Gasteiger charge is 2.21. The van der Waals surface area contributed by atoms with Crippen LogP contribution in [0, 0.1) is 0 Å². The van der Waals surface area contributed by atoms with Gasteiger partial charge < -0.3 is 14.6 Å². The summed E-state index contributed by atoms with van der Waals surface area (Å²) in [6, 6.07) is 7.45. The van der Waals surface area contributed by atoms with Crippen molar-refractivity contribution in [2.45, 2.75) is 13.8 Å². The highest BCUT2D eigenvalue weighted by molar-refractivity contribution is 6.13. The number of hydrogen-bond donors (Lipinski definition) is 1. The van der Waals surface area contributed by atoms with Crippen LogP contribution in [0.15, 0.2) is 30.3 Å². The van der Waals surface area contributed by atoms with Crippen LogP contribution in [-0.2, 0) is 9.47 Å². The van der Waals surface area contributed by atoms with E-state index in [1.165, 1.54) is 18.2 Å². The minimum Gasteiger partial charge on any atom is -0.478 e. The number of carbonyl (C=O) groups excluding carboxylic acids is 2. The fraction of sp³-hybridized carbons (Fsp3) is 0.235. The smallest absolute Gasteiger partial charge is 0.339 e. The highest BCUT2D eigenvalue weighted by Crippen LogP contribution is 2.25. The zero-order valence-electron chi connectivity index (χ0n) is 12.8. The molecule has 2 aromatic carbocycles. The summed E-state index contributed by atoms with van der Waals surface area (Å²) in [5.74, 6) is -2.40. The lowest BCUT2D eigenvalue weighted by Crippen LogP contribution is -2.12. The molecule has 120 valence electrons. The topological polar surface area (TPSA) is 89.9 Å². The third-order valence-electron chi connectivity index (χ3n) is 3.24. The average Bonchev–Trinajstić information content (AvgIpc) is 2.53. The van der Waals surface area contributed by atoms with E-state index in [9.17, 15) is 19.5 Å². The summed E-state index contributed by atoms with van der Waals surface area (Å²) in [6.45, 7) is 3.73. The predicted octanol–water partition coefficient (Wildman–Crippen LogP) is 2.89. The predicted molar refractivity (Wildman–Crippen MR) is 82.8 cm³/mol. The lowest BCUT2D eigenvalue weighted by atomic mass is 9.97. The molecule has 0 aliphatic carbocycles. The number of aromatic carboxylic acids is 1. The van der Waals surface area contributed by atoms with Gasteiger partial charge in [0.15, 0.2) is 0 Å². The number of ether oxygens (including phenoxy) is 2. The van der Waals surface area contributed by atoms with Crippen LogP contribution in [0.1, 0.15) is 44.9 Å². The average molecular weight is 316 g/mol. The number of fused-ring (bicyclic) bond motifs is 1. The molecule has 1 N–H and O–H groups in total. The third-order valence-corrected chi connectivity index (χ3v) is 3.24. The quantitative estimate of drug-likeness (QED) is 0.853. The van der Waals surface area contributed by atoms with E-state index in [4.69, 9.17) is 9.47 Å². The van der Waals surface area contributed by atoms with Crippen molar-refractivity contribution < 1.29 is 29.0 Å². The van der Waals surface area contributed by atoms with Crippen molar-refractivity contribution in [3.63, 3.8) is 0 Å². The van der Waals surface area contributed by atoms with Gasteiger partial charge in [-0.3, -0.25) is 0 Å². The number of carboxylic acid groups (broad SMARTS) is 1. The Morgan fingerprint density at radius 3 is 2.22 bits per heavy atom. The van der Waals surface area contributed by atoms with Gasteiger partial charge in [-0.15, -0.1) is 0 Å². The van der Waals surface area contributed by atoms with Gasteiger partial charge in [-0.05, 0) is 42.8 Å². The first kappa shape index (κ1) is 16.5. The molecule has 2 rings (SSSR count). The van der Waals surface area contributed by atoms with Crippen molar-refractivity contribution in [1.29, 1.82) is 0 Å².